The molecule has 2 aromatic carbocycles. The zero-order valence-corrected chi connectivity index (χ0v) is 37.5. The second-order valence-electron chi connectivity index (χ2n) is 16.2. The molecule has 65 heavy (non-hydrogen) atoms. The highest BCUT2D eigenvalue weighted by molar-refractivity contribution is 5.97. The Morgan fingerprint density at radius 3 is 1.62 bits per heavy atom. The number of aromatic hydroxyl groups is 1. The van der Waals surface area contributed by atoms with Gasteiger partial charge in [-0.3, -0.25) is 38.4 Å². The summed E-state index contributed by atoms with van der Waals surface area (Å²) >= 11 is 0. The molecule has 21 heteroatoms. The standard InChI is InChI=1S/C44H64N8O13/c1-7-24(5)36(42(62)46-21-33(55)47-31(20-34(56)57)40(60)52-37(44(64)65)25(6)8-2)51-39(59)30(19-27-14-16-28(54)17-15-27)48-43(63)35(23(3)4)50-41(61)32(22-53)49-38(58)29(45)18-26-12-10-9-11-13-26/h9-17,23-25,29-32,35-37,53-54H,7-8,18-22,45H2,1-6H3,(H,46,62)(H,47,55)(H,48,63)(H,49,58)(H,50,61)(H,51,59)(H,52,60)(H,56,57)(H,64,65)/t24-,25-,29-,30-,31-,32-,35-,36-,37-/m0/s1. The fourth-order valence-electron chi connectivity index (χ4n) is 6.36. The van der Waals surface area contributed by atoms with Crippen molar-refractivity contribution in [3.05, 3.63) is 65.7 Å². The number of phenols is 1. The van der Waals surface area contributed by atoms with Crippen LogP contribution in [0.1, 0.15) is 71.9 Å². The molecule has 0 fully saturated rings. The number of amides is 7. The molecular weight excluding hydrogens is 849 g/mol. The van der Waals surface area contributed by atoms with E-state index in [1.54, 1.807) is 71.9 Å². The molecular formula is C44H64N8O13. The van der Waals surface area contributed by atoms with Crippen molar-refractivity contribution in [2.24, 2.45) is 23.5 Å². The van der Waals surface area contributed by atoms with E-state index in [-0.39, 0.29) is 18.6 Å². The van der Waals surface area contributed by atoms with Gasteiger partial charge >= 0.3 is 11.9 Å². The quantitative estimate of drug-likeness (QED) is 0.0503. The number of aliphatic carboxylic acids is 2. The van der Waals surface area contributed by atoms with E-state index in [0.29, 0.717) is 18.4 Å². The molecule has 0 aliphatic rings. The molecule has 0 radical (unpaired) electrons. The minimum atomic E-state index is -1.70. The lowest BCUT2D eigenvalue weighted by Crippen LogP contribution is -2.61. The number of carbonyl (C=O) groups is 9. The van der Waals surface area contributed by atoms with Gasteiger partial charge in [-0.25, -0.2) is 4.79 Å². The monoisotopic (exact) mass is 912 g/mol. The average molecular weight is 913 g/mol. The van der Waals surface area contributed by atoms with Gasteiger partial charge in [-0.1, -0.05) is 96.8 Å². The second kappa shape index (κ2) is 26.9. The molecule has 358 valence electrons. The molecule has 0 bridgehead atoms. The van der Waals surface area contributed by atoms with E-state index in [9.17, 15) is 63.6 Å². The van der Waals surface area contributed by atoms with Crippen molar-refractivity contribution in [1.82, 2.24) is 37.2 Å². The summed E-state index contributed by atoms with van der Waals surface area (Å²) in [5.74, 6) is -10.9. The number of carbonyl (C=O) groups excluding carboxylic acids is 7. The Morgan fingerprint density at radius 2 is 1.08 bits per heavy atom. The summed E-state index contributed by atoms with van der Waals surface area (Å²) in [4.78, 5) is 117. The topological polar surface area (TPSA) is 345 Å². The minimum absolute atomic E-state index is 0.0732. The van der Waals surface area contributed by atoms with E-state index in [1.165, 1.54) is 24.3 Å². The molecule has 0 heterocycles. The van der Waals surface area contributed by atoms with Crippen LogP contribution in [0, 0.1) is 17.8 Å². The molecule has 0 saturated carbocycles. The van der Waals surface area contributed by atoms with Crippen LogP contribution in [-0.4, -0.2) is 129 Å². The molecule has 0 aromatic heterocycles. The molecule has 0 spiro atoms. The van der Waals surface area contributed by atoms with E-state index in [1.807, 2.05) is 0 Å². The normalized spacial score (nSPS) is 15.2. The Kier molecular flexibility index (Phi) is 22.6. The summed E-state index contributed by atoms with van der Waals surface area (Å²) in [6.07, 6.45) is -0.220. The third-order valence-corrected chi connectivity index (χ3v) is 10.7. The number of benzene rings is 2. The molecule has 0 aliphatic heterocycles. The number of hydrogen-bond donors (Lipinski definition) is 12. The van der Waals surface area contributed by atoms with Crippen LogP contribution in [0.2, 0.25) is 0 Å². The summed E-state index contributed by atoms with van der Waals surface area (Å²) < 4.78 is 0. The predicted octanol–water partition coefficient (Wildman–Crippen LogP) is -1.17. The van der Waals surface area contributed by atoms with Crippen LogP contribution in [-0.2, 0) is 56.0 Å². The zero-order chi connectivity index (χ0) is 49.0. The Balaban J connectivity index is 2.26. The highest BCUT2D eigenvalue weighted by atomic mass is 16.4. The number of carboxylic acid groups (broad SMARTS) is 2. The van der Waals surface area contributed by atoms with E-state index in [2.05, 4.69) is 37.2 Å². The smallest absolute Gasteiger partial charge is 0.326 e. The molecule has 13 N–H and O–H groups in total. The Bertz CT molecular complexity index is 1950. The summed E-state index contributed by atoms with van der Waals surface area (Å²) in [5.41, 5.74) is 7.30. The van der Waals surface area contributed by atoms with Gasteiger partial charge in [0.2, 0.25) is 41.4 Å². The number of carboxylic acids is 2. The van der Waals surface area contributed by atoms with Gasteiger partial charge in [0.25, 0.3) is 0 Å². The lowest BCUT2D eigenvalue weighted by atomic mass is 9.96. The van der Waals surface area contributed by atoms with E-state index in [0.717, 1.165) is 5.56 Å². The van der Waals surface area contributed by atoms with Crippen LogP contribution in [0.3, 0.4) is 0 Å². The molecule has 9 atom stereocenters. The maximum absolute atomic E-state index is 14.1. The summed E-state index contributed by atoms with van der Waals surface area (Å²) in [5, 5.41) is 55.8. The molecule has 0 aliphatic carbocycles. The fraction of sp³-hybridized carbons (Fsp3) is 0.523. The summed E-state index contributed by atoms with van der Waals surface area (Å²) in [7, 11) is 0. The number of aliphatic hydroxyl groups is 1. The first-order valence-electron chi connectivity index (χ1n) is 21.3. The van der Waals surface area contributed by atoms with Crippen LogP contribution in [0.25, 0.3) is 0 Å². The number of phenolic OH excluding ortho intramolecular Hbond substituents is 1. The maximum Gasteiger partial charge on any atom is 0.326 e. The number of rotatable bonds is 27. The third kappa shape index (κ3) is 18.2. The first kappa shape index (κ1) is 54.5. The van der Waals surface area contributed by atoms with Crippen molar-refractivity contribution >= 4 is 53.3 Å². The Hall–Kier alpha value is -6.61. The van der Waals surface area contributed by atoms with Gasteiger partial charge in [-0.05, 0) is 47.4 Å². The van der Waals surface area contributed by atoms with Crippen molar-refractivity contribution in [2.75, 3.05) is 13.2 Å². The van der Waals surface area contributed by atoms with Crippen molar-refractivity contribution < 1.29 is 63.6 Å². The average Bonchev–Trinajstić information content (AvgIpc) is 3.26. The fourth-order valence-corrected chi connectivity index (χ4v) is 6.36. The van der Waals surface area contributed by atoms with Crippen LogP contribution in [0.4, 0.5) is 0 Å². The summed E-state index contributed by atoms with van der Waals surface area (Å²) in [6, 6.07) is 4.96. The van der Waals surface area contributed by atoms with E-state index >= 15 is 0 Å². The molecule has 7 amide bonds. The maximum atomic E-state index is 14.1. The first-order chi connectivity index (χ1) is 30.6. The molecule has 0 unspecified atom stereocenters. The third-order valence-electron chi connectivity index (χ3n) is 10.7. The number of nitrogens with two attached hydrogens (primary N) is 1. The highest BCUT2D eigenvalue weighted by Crippen LogP contribution is 2.15. The zero-order valence-electron chi connectivity index (χ0n) is 37.5. The second-order valence-corrected chi connectivity index (χ2v) is 16.2. The SMILES string of the molecule is CC[C@H](C)[C@H](NC(=O)[C@H](CC(=O)O)NC(=O)CNC(=O)[C@@H](NC(=O)[C@H](Cc1ccc(O)cc1)NC(=O)[C@@H](NC(=O)[C@H](CO)NC(=O)[C@@H](N)Cc1ccccc1)C(C)C)[C@@H](C)CC)C(=O)O. The van der Waals surface area contributed by atoms with Crippen molar-refractivity contribution in [1.29, 1.82) is 0 Å². The molecule has 2 aromatic rings. The van der Waals surface area contributed by atoms with Crippen molar-refractivity contribution in [2.45, 2.75) is 116 Å². The van der Waals surface area contributed by atoms with Crippen molar-refractivity contribution in [3.8, 4) is 5.75 Å². The lowest BCUT2D eigenvalue weighted by molar-refractivity contribution is -0.144. The van der Waals surface area contributed by atoms with Gasteiger partial charge in [0.15, 0.2) is 0 Å². The lowest BCUT2D eigenvalue weighted by Gasteiger charge is -2.29. The Morgan fingerprint density at radius 1 is 0.569 bits per heavy atom. The van der Waals surface area contributed by atoms with Gasteiger partial charge in [-0.15, -0.1) is 0 Å². The van der Waals surface area contributed by atoms with E-state index in [4.69, 9.17) is 5.73 Å². The van der Waals surface area contributed by atoms with Crippen LogP contribution < -0.4 is 43.0 Å². The van der Waals surface area contributed by atoms with E-state index < -0.39 is 133 Å². The van der Waals surface area contributed by atoms with Gasteiger partial charge in [0, 0.05) is 6.42 Å². The van der Waals surface area contributed by atoms with Gasteiger partial charge in [0.05, 0.1) is 25.6 Å². The Labute approximate surface area is 377 Å². The summed E-state index contributed by atoms with van der Waals surface area (Å²) in [6.45, 7) is 8.24. The van der Waals surface area contributed by atoms with Crippen LogP contribution in [0.15, 0.2) is 54.6 Å². The van der Waals surface area contributed by atoms with Gasteiger partial charge in [0.1, 0.15) is 42.0 Å². The number of hydrogen-bond acceptors (Lipinski definition) is 12. The van der Waals surface area contributed by atoms with Crippen LogP contribution >= 0.6 is 0 Å². The number of nitrogens with one attached hydrogen (secondary N) is 7. The number of aliphatic hydroxyl groups excluding tert-OH is 1. The molecule has 0 saturated heterocycles. The predicted molar refractivity (Wildman–Crippen MR) is 235 cm³/mol. The largest absolute Gasteiger partial charge is 0.508 e. The molecule has 21 nitrogen and oxygen atoms in total. The highest BCUT2D eigenvalue weighted by Gasteiger charge is 2.35. The van der Waals surface area contributed by atoms with Gasteiger partial charge in [-0.2, -0.15) is 0 Å². The minimum Gasteiger partial charge on any atom is -0.508 e. The molecule has 2 rings (SSSR count). The van der Waals surface area contributed by atoms with Gasteiger partial charge < -0.3 is 63.4 Å². The first-order valence-corrected chi connectivity index (χ1v) is 21.3. The van der Waals surface area contributed by atoms with Crippen LogP contribution in [0.5, 0.6) is 5.75 Å². The van der Waals surface area contributed by atoms with Crippen molar-refractivity contribution in [3.63, 3.8) is 0 Å².